The number of halogens is 1. The molecule has 4 nitrogen and oxygen atoms in total. The van der Waals surface area contributed by atoms with E-state index in [0.717, 1.165) is 21.2 Å². The minimum Gasteiger partial charge on any atom is -0.503 e. The molecule has 1 aliphatic rings. The Morgan fingerprint density at radius 2 is 1.69 bits per heavy atom. The fourth-order valence-electron chi connectivity index (χ4n) is 3.63. The molecular weight excluding hydrogens is 430 g/mol. The molecule has 3 aromatic rings. The number of aliphatic hydroxyl groups excluding tert-OH is 1. The average Bonchev–Trinajstić information content (AvgIpc) is 3.00. The molecule has 0 saturated carbocycles. The third-order valence-electron chi connectivity index (χ3n) is 5.09. The van der Waals surface area contributed by atoms with E-state index in [1.54, 1.807) is 12.0 Å². The first-order valence-corrected chi connectivity index (χ1v) is 10.0. The zero-order valence-electron chi connectivity index (χ0n) is 16.1. The van der Waals surface area contributed by atoms with Gasteiger partial charge in [-0.25, -0.2) is 0 Å². The van der Waals surface area contributed by atoms with E-state index in [2.05, 4.69) is 15.9 Å². The van der Waals surface area contributed by atoms with Gasteiger partial charge in [0, 0.05) is 15.7 Å². The Bertz CT molecular complexity index is 1090. The maximum Gasteiger partial charge on any atom is 0.294 e. The van der Waals surface area contributed by atoms with Crippen molar-refractivity contribution in [2.75, 3.05) is 12.0 Å². The molecule has 0 fully saturated rings. The Labute approximate surface area is 178 Å². The van der Waals surface area contributed by atoms with Gasteiger partial charge in [-0.2, -0.15) is 0 Å². The number of carbonyl (C=O) groups is 1. The normalized spacial score (nSPS) is 16.4. The summed E-state index contributed by atoms with van der Waals surface area (Å²) in [6.07, 6.45) is 0. The molecule has 3 aromatic carbocycles. The van der Waals surface area contributed by atoms with E-state index in [9.17, 15) is 9.90 Å². The maximum absolute atomic E-state index is 13.2. The number of carbonyl (C=O) groups excluding carboxylic acids is 1. The van der Waals surface area contributed by atoms with E-state index in [-0.39, 0.29) is 5.76 Å². The molecule has 0 radical (unpaired) electrons. The molecule has 1 atom stereocenters. The van der Waals surface area contributed by atoms with Gasteiger partial charge in [-0.1, -0.05) is 57.9 Å². The highest BCUT2D eigenvalue weighted by atomic mass is 79.9. The fourth-order valence-corrected chi connectivity index (χ4v) is 4.05. The molecule has 0 bridgehead atoms. The van der Waals surface area contributed by atoms with Crippen molar-refractivity contribution in [3.8, 4) is 5.75 Å². The summed E-state index contributed by atoms with van der Waals surface area (Å²) in [5, 5.41) is 10.9. The second kappa shape index (κ2) is 7.76. The summed E-state index contributed by atoms with van der Waals surface area (Å²) in [4.78, 5) is 14.8. The Balaban J connectivity index is 1.89. The summed E-state index contributed by atoms with van der Waals surface area (Å²) in [6.45, 7) is 2.01. The lowest BCUT2D eigenvalue weighted by Gasteiger charge is -2.27. The van der Waals surface area contributed by atoms with E-state index in [0.29, 0.717) is 17.0 Å². The predicted molar refractivity (Wildman–Crippen MR) is 118 cm³/mol. The van der Waals surface area contributed by atoms with Gasteiger partial charge in [-0.3, -0.25) is 9.69 Å². The number of aliphatic hydroxyl groups is 1. The highest BCUT2D eigenvalue weighted by molar-refractivity contribution is 9.10. The number of hydrogen-bond acceptors (Lipinski definition) is 3. The molecule has 0 aromatic heterocycles. The van der Waals surface area contributed by atoms with Crippen LogP contribution in [0.2, 0.25) is 0 Å². The first kappa shape index (κ1) is 19.3. The standard InChI is InChI=1S/C24H20BrNO3/c1-15-6-8-16(9-7-15)21-22(17-4-3-5-18(25)14-17)26(24(28)23(21)27)19-10-12-20(29-2)13-11-19/h3-14,22,27H,1-2H3/t22-/m0/s1. The van der Waals surface area contributed by atoms with Crippen LogP contribution in [0.5, 0.6) is 5.75 Å². The van der Waals surface area contributed by atoms with Crippen LogP contribution in [0.4, 0.5) is 5.69 Å². The number of benzene rings is 3. The second-order valence-corrected chi connectivity index (χ2v) is 7.87. The lowest BCUT2D eigenvalue weighted by atomic mass is 9.93. The third-order valence-corrected chi connectivity index (χ3v) is 5.58. The SMILES string of the molecule is COc1ccc(N2C(=O)C(O)=C(c3ccc(C)cc3)[C@@H]2c2cccc(Br)c2)cc1. The van der Waals surface area contributed by atoms with E-state index in [1.807, 2.05) is 79.7 Å². The van der Waals surface area contributed by atoms with Gasteiger partial charge in [-0.05, 0) is 54.4 Å². The van der Waals surface area contributed by atoms with Gasteiger partial charge >= 0.3 is 0 Å². The lowest BCUT2D eigenvalue weighted by molar-refractivity contribution is -0.117. The number of rotatable bonds is 4. The first-order chi connectivity index (χ1) is 14.0. The molecule has 0 unspecified atom stereocenters. The van der Waals surface area contributed by atoms with E-state index < -0.39 is 11.9 Å². The molecule has 1 heterocycles. The molecular formula is C24H20BrNO3. The molecule has 1 aliphatic heterocycles. The predicted octanol–water partition coefficient (Wildman–Crippen LogP) is 5.82. The van der Waals surface area contributed by atoms with Gasteiger partial charge < -0.3 is 9.84 Å². The highest BCUT2D eigenvalue weighted by Gasteiger charge is 2.42. The molecule has 146 valence electrons. The zero-order valence-corrected chi connectivity index (χ0v) is 17.7. The highest BCUT2D eigenvalue weighted by Crippen LogP contribution is 2.45. The summed E-state index contributed by atoms with van der Waals surface area (Å²) in [5.41, 5.74) is 4.13. The largest absolute Gasteiger partial charge is 0.503 e. The molecule has 0 saturated heterocycles. The second-order valence-electron chi connectivity index (χ2n) is 6.96. The topological polar surface area (TPSA) is 49.8 Å². The number of ether oxygens (including phenoxy) is 1. The molecule has 4 rings (SSSR count). The smallest absolute Gasteiger partial charge is 0.294 e. The van der Waals surface area contributed by atoms with E-state index in [1.165, 1.54) is 0 Å². The Kier molecular flexibility index (Phi) is 5.16. The van der Waals surface area contributed by atoms with Crippen LogP contribution >= 0.6 is 15.9 Å². The number of aryl methyl sites for hydroxylation is 1. The van der Waals surface area contributed by atoms with Crippen LogP contribution < -0.4 is 9.64 Å². The monoisotopic (exact) mass is 449 g/mol. The Morgan fingerprint density at radius 3 is 2.31 bits per heavy atom. The van der Waals surface area contributed by atoms with Crippen LogP contribution in [0.1, 0.15) is 22.7 Å². The van der Waals surface area contributed by atoms with Crippen LogP contribution in [0.3, 0.4) is 0 Å². The van der Waals surface area contributed by atoms with Gasteiger partial charge in [0.2, 0.25) is 0 Å². The van der Waals surface area contributed by atoms with Crippen molar-refractivity contribution in [1.82, 2.24) is 0 Å². The van der Waals surface area contributed by atoms with E-state index in [4.69, 9.17) is 4.74 Å². The van der Waals surface area contributed by atoms with Gasteiger partial charge in [0.1, 0.15) is 5.75 Å². The maximum atomic E-state index is 13.2. The third kappa shape index (κ3) is 3.54. The summed E-state index contributed by atoms with van der Waals surface area (Å²) in [6, 6.07) is 22.5. The quantitative estimate of drug-likeness (QED) is 0.545. The molecule has 0 spiro atoms. The Morgan fingerprint density at radius 1 is 1.00 bits per heavy atom. The number of hydrogen-bond donors (Lipinski definition) is 1. The minimum atomic E-state index is -0.448. The number of nitrogens with zero attached hydrogens (tertiary/aromatic N) is 1. The minimum absolute atomic E-state index is 0.227. The van der Waals surface area contributed by atoms with Crippen LogP contribution in [0.25, 0.3) is 5.57 Å². The summed E-state index contributed by atoms with van der Waals surface area (Å²) >= 11 is 3.52. The molecule has 0 aliphatic carbocycles. The van der Waals surface area contributed by atoms with Crippen LogP contribution in [-0.2, 0) is 4.79 Å². The fraction of sp³-hybridized carbons (Fsp3) is 0.125. The number of anilines is 1. The van der Waals surface area contributed by atoms with E-state index >= 15 is 0 Å². The zero-order chi connectivity index (χ0) is 20.5. The van der Waals surface area contributed by atoms with Crippen LogP contribution in [-0.4, -0.2) is 18.1 Å². The average molecular weight is 450 g/mol. The van der Waals surface area contributed by atoms with Crippen LogP contribution in [0.15, 0.2) is 83.0 Å². The lowest BCUT2D eigenvalue weighted by Crippen LogP contribution is -2.30. The van der Waals surface area contributed by atoms with Gasteiger partial charge in [0.05, 0.1) is 13.2 Å². The number of amides is 1. The number of methoxy groups -OCH3 is 1. The van der Waals surface area contributed by atoms with Gasteiger partial charge in [0.25, 0.3) is 5.91 Å². The summed E-state index contributed by atoms with van der Waals surface area (Å²) in [5.74, 6) is 0.0562. The van der Waals surface area contributed by atoms with Gasteiger partial charge in [-0.15, -0.1) is 0 Å². The summed E-state index contributed by atoms with van der Waals surface area (Å²) < 4.78 is 6.15. The molecule has 1 N–H and O–H groups in total. The Hall–Kier alpha value is -3.05. The van der Waals surface area contributed by atoms with Crippen molar-refractivity contribution in [2.24, 2.45) is 0 Å². The molecule has 1 amide bonds. The van der Waals surface area contributed by atoms with Crippen molar-refractivity contribution >= 4 is 33.1 Å². The van der Waals surface area contributed by atoms with Crippen molar-refractivity contribution in [2.45, 2.75) is 13.0 Å². The van der Waals surface area contributed by atoms with Crippen molar-refractivity contribution in [1.29, 1.82) is 0 Å². The van der Waals surface area contributed by atoms with Crippen molar-refractivity contribution in [3.05, 3.63) is 99.7 Å². The molecule has 29 heavy (non-hydrogen) atoms. The van der Waals surface area contributed by atoms with Crippen molar-refractivity contribution < 1.29 is 14.6 Å². The van der Waals surface area contributed by atoms with Gasteiger partial charge in [0.15, 0.2) is 5.76 Å². The molecule has 5 heteroatoms. The summed E-state index contributed by atoms with van der Waals surface area (Å²) in [7, 11) is 1.60. The first-order valence-electron chi connectivity index (χ1n) is 9.23. The van der Waals surface area contributed by atoms with Crippen molar-refractivity contribution in [3.63, 3.8) is 0 Å². The van der Waals surface area contributed by atoms with Crippen LogP contribution in [0, 0.1) is 6.92 Å².